The standard InChI is InChI=1S/C13H8ClF2IN2O/c14-8-3-6(1-2-10(8)17)13(20)19-12-9(16)4-7(15)5-11(12)18/h1-5H,18H2,(H,19,20). The average Bonchev–Trinajstić information content (AvgIpc) is 2.36. The first kappa shape index (κ1) is 15.0. The molecule has 3 nitrogen and oxygen atoms in total. The van der Waals surface area contributed by atoms with E-state index in [0.717, 1.165) is 9.64 Å². The number of nitrogens with one attached hydrogen (secondary N) is 1. The maximum Gasteiger partial charge on any atom is 0.255 e. The van der Waals surface area contributed by atoms with Crippen LogP contribution in [0.15, 0.2) is 30.3 Å². The van der Waals surface area contributed by atoms with Crippen LogP contribution in [0.25, 0.3) is 0 Å². The molecular formula is C13H8ClF2IN2O. The van der Waals surface area contributed by atoms with Crippen molar-refractivity contribution in [2.75, 3.05) is 11.1 Å². The van der Waals surface area contributed by atoms with Crippen molar-refractivity contribution in [2.24, 2.45) is 0 Å². The summed E-state index contributed by atoms with van der Waals surface area (Å²) in [6, 6.07) is 6.23. The van der Waals surface area contributed by atoms with Gasteiger partial charge in [0, 0.05) is 15.2 Å². The van der Waals surface area contributed by atoms with Gasteiger partial charge in [-0.2, -0.15) is 0 Å². The van der Waals surface area contributed by atoms with Crippen LogP contribution < -0.4 is 11.1 Å². The lowest BCUT2D eigenvalue weighted by molar-refractivity contribution is 0.102. The molecule has 104 valence electrons. The normalized spacial score (nSPS) is 10.4. The Bertz CT molecular complexity index is 671. The zero-order chi connectivity index (χ0) is 14.9. The highest BCUT2D eigenvalue weighted by atomic mass is 127. The number of anilines is 2. The molecule has 0 saturated carbocycles. The van der Waals surface area contributed by atoms with Gasteiger partial charge in [-0.25, -0.2) is 8.78 Å². The number of carbonyl (C=O) groups is 1. The average molecular weight is 409 g/mol. The van der Waals surface area contributed by atoms with Crippen molar-refractivity contribution in [3.63, 3.8) is 0 Å². The van der Waals surface area contributed by atoms with Gasteiger partial charge in [-0.1, -0.05) is 11.6 Å². The van der Waals surface area contributed by atoms with Crippen molar-refractivity contribution in [3.8, 4) is 0 Å². The van der Waals surface area contributed by atoms with E-state index < -0.39 is 17.5 Å². The summed E-state index contributed by atoms with van der Waals surface area (Å²) in [5.41, 5.74) is 5.28. The van der Waals surface area contributed by atoms with Crippen LogP contribution in [0.1, 0.15) is 10.4 Å². The Hall–Kier alpha value is -1.41. The summed E-state index contributed by atoms with van der Waals surface area (Å²) in [5, 5.41) is 2.71. The van der Waals surface area contributed by atoms with Gasteiger partial charge in [0.05, 0.1) is 10.7 Å². The van der Waals surface area contributed by atoms with Gasteiger partial charge in [0.25, 0.3) is 5.91 Å². The van der Waals surface area contributed by atoms with Gasteiger partial charge in [-0.15, -0.1) is 0 Å². The van der Waals surface area contributed by atoms with E-state index in [9.17, 15) is 13.6 Å². The summed E-state index contributed by atoms with van der Waals surface area (Å²) in [6.07, 6.45) is 0. The van der Waals surface area contributed by atoms with E-state index in [2.05, 4.69) is 5.32 Å². The third kappa shape index (κ3) is 3.18. The van der Waals surface area contributed by atoms with Crippen LogP contribution in [0, 0.1) is 15.2 Å². The zero-order valence-electron chi connectivity index (χ0n) is 9.88. The van der Waals surface area contributed by atoms with E-state index in [1.807, 2.05) is 22.6 Å². The molecule has 0 radical (unpaired) electrons. The molecule has 2 aromatic carbocycles. The SMILES string of the molecule is Nc1cc(F)cc(F)c1NC(=O)c1ccc(I)c(Cl)c1. The number of nitrogens with two attached hydrogens (primary N) is 1. The van der Waals surface area contributed by atoms with E-state index in [-0.39, 0.29) is 16.9 Å². The molecule has 0 heterocycles. The molecule has 0 aliphatic heterocycles. The van der Waals surface area contributed by atoms with E-state index in [4.69, 9.17) is 17.3 Å². The Balaban J connectivity index is 2.30. The second-order valence-corrected chi connectivity index (χ2v) is 5.50. The van der Waals surface area contributed by atoms with Gasteiger partial charge in [0.15, 0.2) is 5.82 Å². The minimum atomic E-state index is -0.938. The molecule has 3 N–H and O–H groups in total. The number of hydrogen-bond donors (Lipinski definition) is 2. The van der Waals surface area contributed by atoms with E-state index in [0.29, 0.717) is 11.1 Å². The van der Waals surface area contributed by atoms with Crippen molar-refractivity contribution in [3.05, 3.63) is 56.1 Å². The van der Waals surface area contributed by atoms with Crippen molar-refractivity contribution in [1.82, 2.24) is 0 Å². The number of hydrogen-bond acceptors (Lipinski definition) is 2. The van der Waals surface area contributed by atoms with Crippen molar-refractivity contribution < 1.29 is 13.6 Å². The van der Waals surface area contributed by atoms with E-state index >= 15 is 0 Å². The Morgan fingerprint density at radius 2 is 1.95 bits per heavy atom. The fourth-order valence-electron chi connectivity index (χ4n) is 1.55. The van der Waals surface area contributed by atoms with Crippen molar-refractivity contribution >= 4 is 51.5 Å². The largest absolute Gasteiger partial charge is 0.397 e. The molecule has 2 rings (SSSR count). The topological polar surface area (TPSA) is 55.1 Å². The molecule has 0 spiro atoms. The maximum absolute atomic E-state index is 13.6. The summed E-state index contributed by atoms with van der Waals surface area (Å²) in [4.78, 5) is 12.0. The number of halogens is 4. The molecule has 0 saturated heterocycles. The molecule has 0 aliphatic rings. The Labute approximate surface area is 132 Å². The minimum Gasteiger partial charge on any atom is -0.397 e. The zero-order valence-corrected chi connectivity index (χ0v) is 12.8. The second-order valence-electron chi connectivity index (χ2n) is 3.93. The molecule has 2 aromatic rings. The summed E-state index contributed by atoms with van der Waals surface area (Å²) in [5.74, 6) is -2.33. The highest BCUT2D eigenvalue weighted by molar-refractivity contribution is 14.1. The highest BCUT2D eigenvalue weighted by Gasteiger charge is 2.14. The quantitative estimate of drug-likeness (QED) is 0.582. The van der Waals surface area contributed by atoms with Crippen LogP contribution in [0.5, 0.6) is 0 Å². The lowest BCUT2D eigenvalue weighted by Crippen LogP contribution is -2.14. The number of benzene rings is 2. The molecule has 0 bridgehead atoms. The molecule has 0 aromatic heterocycles. The molecular weight excluding hydrogens is 401 g/mol. The Morgan fingerprint density at radius 3 is 2.55 bits per heavy atom. The van der Waals surface area contributed by atoms with E-state index in [1.54, 1.807) is 12.1 Å². The van der Waals surface area contributed by atoms with Crippen LogP contribution in [0.2, 0.25) is 5.02 Å². The molecule has 0 aliphatic carbocycles. The Morgan fingerprint density at radius 1 is 1.25 bits per heavy atom. The fraction of sp³-hybridized carbons (Fsp3) is 0. The van der Waals surface area contributed by atoms with Crippen LogP contribution >= 0.6 is 34.2 Å². The summed E-state index contributed by atoms with van der Waals surface area (Å²) >= 11 is 7.93. The molecule has 20 heavy (non-hydrogen) atoms. The van der Waals surface area contributed by atoms with Crippen molar-refractivity contribution in [1.29, 1.82) is 0 Å². The third-order valence-corrected chi connectivity index (χ3v) is 4.08. The van der Waals surface area contributed by atoms with Crippen LogP contribution in [-0.4, -0.2) is 5.91 Å². The third-order valence-electron chi connectivity index (χ3n) is 2.51. The van der Waals surface area contributed by atoms with Gasteiger partial charge in [-0.3, -0.25) is 4.79 Å². The lowest BCUT2D eigenvalue weighted by atomic mass is 10.2. The smallest absolute Gasteiger partial charge is 0.255 e. The Kier molecular flexibility index (Phi) is 4.44. The van der Waals surface area contributed by atoms with Crippen LogP contribution in [0.4, 0.5) is 20.2 Å². The van der Waals surface area contributed by atoms with E-state index in [1.165, 1.54) is 6.07 Å². The first-order valence-corrected chi connectivity index (χ1v) is 6.85. The molecule has 7 heteroatoms. The highest BCUT2D eigenvalue weighted by Crippen LogP contribution is 2.25. The number of rotatable bonds is 2. The molecule has 0 unspecified atom stereocenters. The second kappa shape index (κ2) is 5.92. The number of carbonyl (C=O) groups excluding carboxylic acids is 1. The van der Waals surface area contributed by atoms with Crippen LogP contribution in [0.3, 0.4) is 0 Å². The molecule has 0 fully saturated rings. The van der Waals surface area contributed by atoms with Gasteiger partial charge >= 0.3 is 0 Å². The van der Waals surface area contributed by atoms with Crippen molar-refractivity contribution in [2.45, 2.75) is 0 Å². The maximum atomic E-state index is 13.6. The number of amides is 1. The van der Waals surface area contributed by atoms with Gasteiger partial charge < -0.3 is 11.1 Å². The first-order chi connectivity index (χ1) is 9.38. The van der Waals surface area contributed by atoms with Gasteiger partial charge in [0.2, 0.25) is 0 Å². The summed E-state index contributed by atoms with van der Waals surface area (Å²) in [7, 11) is 0. The number of nitrogen functional groups attached to an aromatic ring is 1. The monoisotopic (exact) mass is 408 g/mol. The van der Waals surface area contributed by atoms with Gasteiger partial charge in [0.1, 0.15) is 11.5 Å². The fourth-order valence-corrected chi connectivity index (χ4v) is 2.06. The molecule has 1 amide bonds. The lowest BCUT2D eigenvalue weighted by Gasteiger charge is -2.10. The minimum absolute atomic E-state index is 0.188. The molecule has 0 atom stereocenters. The predicted molar refractivity (Wildman–Crippen MR) is 82.9 cm³/mol. The summed E-state index contributed by atoms with van der Waals surface area (Å²) in [6.45, 7) is 0. The first-order valence-electron chi connectivity index (χ1n) is 5.39. The van der Waals surface area contributed by atoms with Gasteiger partial charge in [-0.05, 0) is 46.9 Å². The summed E-state index contributed by atoms with van der Waals surface area (Å²) < 4.78 is 27.3. The predicted octanol–water partition coefficient (Wildman–Crippen LogP) is 4.06. The van der Waals surface area contributed by atoms with Crippen LogP contribution in [-0.2, 0) is 0 Å².